The average molecular weight is 351 g/mol. The predicted molar refractivity (Wildman–Crippen MR) is 101 cm³/mol. The maximum atomic E-state index is 12.1. The first kappa shape index (κ1) is 16.9. The maximum Gasteiger partial charge on any atom is 0.230 e. The number of amides is 2. The largest absolute Gasteiger partial charge is 0.326 e. The average Bonchev–Trinajstić information content (AvgIpc) is 3.04. The van der Waals surface area contributed by atoms with Gasteiger partial charge in [0.1, 0.15) is 5.01 Å². The SMILES string of the molecule is CC(=O)Nc1ccc(-c2nc(CC(=O)Nc3ccccc3)cs2)cc1. The fraction of sp³-hybridized carbons (Fsp3) is 0.105. The van der Waals surface area contributed by atoms with E-state index in [4.69, 9.17) is 0 Å². The second-order valence-corrected chi connectivity index (χ2v) is 6.35. The Morgan fingerprint density at radius 2 is 1.64 bits per heavy atom. The van der Waals surface area contributed by atoms with Crippen molar-refractivity contribution in [3.63, 3.8) is 0 Å². The third-order valence-electron chi connectivity index (χ3n) is 3.40. The Bertz CT molecular complexity index is 873. The summed E-state index contributed by atoms with van der Waals surface area (Å²) in [7, 11) is 0. The molecule has 0 spiro atoms. The van der Waals surface area contributed by atoms with Gasteiger partial charge >= 0.3 is 0 Å². The molecule has 25 heavy (non-hydrogen) atoms. The van der Waals surface area contributed by atoms with Crippen molar-refractivity contribution < 1.29 is 9.59 Å². The van der Waals surface area contributed by atoms with Crippen LogP contribution in [0.3, 0.4) is 0 Å². The highest BCUT2D eigenvalue weighted by atomic mass is 32.1. The number of thiazole rings is 1. The van der Waals surface area contributed by atoms with E-state index < -0.39 is 0 Å². The molecule has 0 radical (unpaired) electrons. The van der Waals surface area contributed by atoms with E-state index >= 15 is 0 Å². The number of anilines is 2. The lowest BCUT2D eigenvalue weighted by molar-refractivity contribution is -0.116. The zero-order chi connectivity index (χ0) is 17.6. The quantitative estimate of drug-likeness (QED) is 0.731. The van der Waals surface area contributed by atoms with Crippen molar-refractivity contribution >= 4 is 34.5 Å². The van der Waals surface area contributed by atoms with Crippen molar-refractivity contribution in [2.24, 2.45) is 0 Å². The van der Waals surface area contributed by atoms with E-state index in [1.807, 2.05) is 60.0 Å². The molecule has 6 heteroatoms. The standard InChI is InChI=1S/C19H17N3O2S/c1-13(23)20-16-9-7-14(8-10-16)19-22-17(12-25-19)11-18(24)21-15-5-3-2-4-6-15/h2-10,12H,11H2,1H3,(H,20,23)(H,21,24). The molecule has 0 atom stereocenters. The van der Waals surface area contributed by atoms with Crippen molar-refractivity contribution in [2.45, 2.75) is 13.3 Å². The normalized spacial score (nSPS) is 10.3. The van der Waals surface area contributed by atoms with E-state index in [0.29, 0.717) is 0 Å². The van der Waals surface area contributed by atoms with Gasteiger partial charge in [-0.25, -0.2) is 4.98 Å². The highest BCUT2D eigenvalue weighted by Crippen LogP contribution is 2.25. The summed E-state index contributed by atoms with van der Waals surface area (Å²) >= 11 is 1.49. The van der Waals surface area contributed by atoms with Gasteiger partial charge in [0.2, 0.25) is 11.8 Å². The lowest BCUT2D eigenvalue weighted by atomic mass is 10.2. The predicted octanol–water partition coefficient (Wildman–Crippen LogP) is 3.95. The summed E-state index contributed by atoms with van der Waals surface area (Å²) in [5, 5.41) is 8.31. The molecular weight excluding hydrogens is 334 g/mol. The minimum atomic E-state index is -0.103. The number of benzene rings is 2. The van der Waals surface area contributed by atoms with Crippen molar-refractivity contribution in [1.29, 1.82) is 0 Å². The number of carbonyl (C=O) groups is 2. The van der Waals surface area contributed by atoms with Crippen molar-refractivity contribution in [1.82, 2.24) is 4.98 Å². The molecule has 1 aromatic heterocycles. The van der Waals surface area contributed by atoms with Gasteiger partial charge in [0, 0.05) is 29.2 Å². The van der Waals surface area contributed by atoms with Gasteiger partial charge in [-0.15, -0.1) is 11.3 Å². The minimum Gasteiger partial charge on any atom is -0.326 e. The molecule has 0 aliphatic carbocycles. The van der Waals surface area contributed by atoms with Gasteiger partial charge in [0.25, 0.3) is 0 Å². The van der Waals surface area contributed by atoms with E-state index in [9.17, 15) is 9.59 Å². The first-order valence-corrected chi connectivity index (χ1v) is 8.65. The van der Waals surface area contributed by atoms with Crippen molar-refractivity contribution in [3.05, 3.63) is 65.7 Å². The molecule has 126 valence electrons. The van der Waals surface area contributed by atoms with E-state index in [2.05, 4.69) is 15.6 Å². The smallest absolute Gasteiger partial charge is 0.230 e. The van der Waals surface area contributed by atoms with Gasteiger partial charge in [0.15, 0.2) is 0 Å². The molecule has 0 fully saturated rings. The van der Waals surface area contributed by atoms with Gasteiger partial charge < -0.3 is 10.6 Å². The molecule has 0 unspecified atom stereocenters. The molecule has 0 saturated heterocycles. The molecule has 0 bridgehead atoms. The molecule has 0 saturated carbocycles. The highest BCUT2D eigenvalue weighted by molar-refractivity contribution is 7.13. The van der Waals surface area contributed by atoms with Crippen LogP contribution < -0.4 is 10.6 Å². The third kappa shape index (κ3) is 4.74. The molecule has 2 N–H and O–H groups in total. The summed E-state index contributed by atoms with van der Waals surface area (Å²) in [6, 6.07) is 16.8. The number of nitrogens with one attached hydrogen (secondary N) is 2. The molecule has 0 aliphatic rings. The molecule has 3 aromatic rings. The summed E-state index contributed by atoms with van der Waals surface area (Å²) in [4.78, 5) is 27.7. The Balaban J connectivity index is 1.64. The number of rotatable bonds is 5. The van der Waals surface area contributed by atoms with Crippen LogP contribution in [0.4, 0.5) is 11.4 Å². The number of nitrogens with zero attached hydrogens (tertiary/aromatic N) is 1. The zero-order valence-corrected chi connectivity index (χ0v) is 14.5. The van der Waals surface area contributed by atoms with E-state index in [1.165, 1.54) is 18.3 Å². The Labute approximate surface area is 149 Å². The second kappa shape index (κ2) is 7.72. The first-order chi connectivity index (χ1) is 12.1. The molecule has 0 aliphatic heterocycles. The Morgan fingerprint density at radius 3 is 2.32 bits per heavy atom. The topological polar surface area (TPSA) is 71.1 Å². The number of hydrogen-bond acceptors (Lipinski definition) is 4. The maximum absolute atomic E-state index is 12.1. The van der Waals surface area contributed by atoms with Crippen LogP contribution in [-0.4, -0.2) is 16.8 Å². The molecule has 2 aromatic carbocycles. The third-order valence-corrected chi connectivity index (χ3v) is 4.34. The molecule has 1 heterocycles. The summed E-state index contributed by atoms with van der Waals surface area (Å²) in [5.41, 5.74) is 3.21. The number of aromatic nitrogens is 1. The van der Waals surface area contributed by atoms with Gasteiger partial charge in [0.05, 0.1) is 12.1 Å². The van der Waals surface area contributed by atoms with Crippen LogP contribution in [0.15, 0.2) is 60.0 Å². The minimum absolute atomic E-state index is 0.0935. The van der Waals surface area contributed by atoms with E-state index in [-0.39, 0.29) is 18.2 Å². The van der Waals surface area contributed by atoms with Crippen LogP contribution >= 0.6 is 11.3 Å². The Kier molecular flexibility index (Phi) is 5.20. The summed E-state index contributed by atoms with van der Waals surface area (Å²) in [6.45, 7) is 1.47. The number of carbonyl (C=O) groups excluding carboxylic acids is 2. The monoisotopic (exact) mass is 351 g/mol. The summed E-state index contributed by atoms with van der Waals surface area (Å²) < 4.78 is 0. The summed E-state index contributed by atoms with van der Waals surface area (Å²) in [5.74, 6) is -0.197. The fourth-order valence-corrected chi connectivity index (χ4v) is 3.14. The van der Waals surface area contributed by atoms with Crippen molar-refractivity contribution in [3.8, 4) is 10.6 Å². The van der Waals surface area contributed by atoms with E-state index in [1.54, 1.807) is 0 Å². The van der Waals surface area contributed by atoms with Crippen LogP contribution in [0.2, 0.25) is 0 Å². The zero-order valence-electron chi connectivity index (χ0n) is 13.7. The van der Waals surface area contributed by atoms with E-state index in [0.717, 1.165) is 27.6 Å². The van der Waals surface area contributed by atoms with Gasteiger partial charge in [-0.05, 0) is 36.4 Å². The van der Waals surface area contributed by atoms with Gasteiger partial charge in [-0.3, -0.25) is 9.59 Å². The first-order valence-electron chi connectivity index (χ1n) is 7.77. The fourth-order valence-electron chi connectivity index (χ4n) is 2.31. The summed E-state index contributed by atoms with van der Waals surface area (Å²) in [6.07, 6.45) is 0.232. The van der Waals surface area contributed by atoms with Crippen molar-refractivity contribution in [2.75, 3.05) is 10.6 Å². The molecule has 2 amide bonds. The van der Waals surface area contributed by atoms with Crippen LogP contribution in [0.5, 0.6) is 0 Å². The van der Waals surface area contributed by atoms with Crippen LogP contribution in [0.25, 0.3) is 10.6 Å². The second-order valence-electron chi connectivity index (χ2n) is 5.49. The van der Waals surface area contributed by atoms with Gasteiger partial charge in [-0.1, -0.05) is 18.2 Å². The molecule has 3 rings (SSSR count). The number of para-hydroxylation sites is 1. The van der Waals surface area contributed by atoms with Crippen LogP contribution in [-0.2, 0) is 16.0 Å². The number of hydrogen-bond donors (Lipinski definition) is 2. The lowest BCUT2D eigenvalue weighted by Gasteiger charge is -2.03. The Hall–Kier alpha value is -2.99. The molecular formula is C19H17N3O2S. The Morgan fingerprint density at radius 1 is 0.960 bits per heavy atom. The van der Waals surface area contributed by atoms with Crippen LogP contribution in [0.1, 0.15) is 12.6 Å². The van der Waals surface area contributed by atoms with Crippen LogP contribution in [0, 0.1) is 0 Å². The molecule has 5 nitrogen and oxygen atoms in total. The lowest BCUT2D eigenvalue weighted by Crippen LogP contribution is -2.14. The highest BCUT2D eigenvalue weighted by Gasteiger charge is 2.09. The van der Waals surface area contributed by atoms with Gasteiger partial charge in [-0.2, -0.15) is 0 Å².